The molecular formula is C18H19N3O2. The fourth-order valence-corrected chi connectivity index (χ4v) is 3.38. The summed E-state index contributed by atoms with van der Waals surface area (Å²) in [6.45, 7) is 1.55. The van der Waals surface area contributed by atoms with Crippen molar-refractivity contribution in [3.05, 3.63) is 64.7 Å². The predicted molar refractivity (Wildman–Crippen MR) is 89.5 cm³/mol. The number of hydrogen-bond donors (Lipinski definition) is 2. The third kappa shape index (κ3) is 2.38. The number of fused-ring (bicyclic) bond motifs is 1. The maximum atomic E-state index is 12.1. The number of β-amino-alcohol motifs (C(OH)–C–C–N with tert-alkyl or cyclic N) is 1. The van der Waals surface area contributed by atoms with E-state index in [1.807, 2.05) is 54.2 Å². The van der Waals surface area contributed by atoms with Crippen LogP contribution in [0.4, 0.5) is 0 Å². The summed E-state index contributed by atoms with van der Waals surface area (Å²) in [6, 6.07) is 11.4. The van der Waals surface area contributed by atoms with Gasteiger partial charge in [-0.2, -0.15) is 0 Å². The van der Waals surface area contributed by atoms with Crippen molar-refractivity contribution in [3.63, 3.8) is 0 Å². The van der Waals surface area contributed by atoms with Gasteiger partial charge in [0.1, 0.15) is 11.1 Å². The molecule has 0 radical (unpaired) electrons. The molecule has 2 N–H and O–H groups in total. The van der Waals surface area contributed by atoms with Gasteiger partial charge in [-0.1, -0.05) is 24.3 Å². The van der Waals surface area contributed by atoms with E-state index >= 15 is 0 Å². The van der Waals surface area contributed by atoms with E-state index in [9.17, 15) is 9.90 Å². The van der Waals surface area contributed by atoms with E-state index < -0.39 is 5.60 Å². The maximum absolute atomic E-state index is 12.1. The van der Waals surface area contributed by atoms with Crippen molar-refractivity contribution in [2.45, 2.75) is 12.0 Å². The van der Waals surface area contributed by atoms with Crippen LogP contribution >= 0.6 is 0 Å². The molecule has 1 atom stereocenters. The zero-order valence-corrected chi connectivity index (χ0v) is 13.0. The Morgan fingerprint density at radius 2 is 2.00 bits per heavy atom. The normalized spacial score (nSPS) is 22.0. The molecule has 3 heterocycles. The molecule has 0 saturated carbocycles. The zero-order chi connectivity index (χ0) is 16.0. The Labute approximate surface area is 133 Å². The summed E-state index contributed by atoms with van der Waals surface area (Å²) in [5.74, 6) is 0. The van der Waals surface area contributed by atoms with Gasteiger partial charge in [-0.05, 0) is 36.7 Å². The fourth-order valence-electron chi connectivity index (χ4n) is 3.38. The Hall–Kier alpha value is -2.37. The van der Waals surface area contributed by atoms with E-state index in [-0.39, 0.29) is 5.56 Å². The lowest BCUT2D eigenvalue weighted by atomic mass is 9.92. The Morgan fingerprint density at radius 1 is 1.22 bits per heavy atom. The average Bonchev–Trinajstić information content (AvgIpc) is 3.15. The number of H-pyrrole nitrogens is 1. The van der Waals surface area contributed by atoms with Crippen molar-refractivity contribution in [3.8, 4) is 11.3 Å². The second kappa shape index (κ2) is 5.08. The number of benzene rings is 1. The smallest absolute Gasteiger partial charge is 0.272 e. The molecule has 0 spiro atoms. The highest BCUT2D eigenvalue weighted by Crippen LogP contribution is 2.32. The summed E-state index contributed by atoms with van der Waals surface area (Å²) in [7, 11) is 2.02. The number of likely N-dealkylation sites (tertiary alicyclic amines) is 1. The van der Waals surface area contributed by atoms with Gasteiger partial charge in [-0.25, -0.2) is 0 Å². The summed E-state index contributed by atoms with van der Waals surface area (Å²) in [5.41, 5.74) is 2.37. The van der Waals surface area contributed by atoms with Crippen molar-refractivity contribution >= 4 is 5.52 Å². The second-order valence-electron chi connectivity index (χ2n) is 6.39. The molecule has 0 bridgehead atoms. The quantitative estimate of drug-likeness (QED) is 0.759. The second-order valence-corrected chi connectivity index (χ2v) is 6.39. The number of nitrogens with zero attached hydrogens (tertiary/aromatic N) is 2. The number of aromatic amines is 1. The predicted octanol–water partition coefficient (Wildman–Crippen LogP) is 1.82. The molecule has 2 aromatic heterocycles. The van der Waals surface area contributed by atoms with Gasteiger partial charge in [-0.3, -0.25) is 4.79 Å². The maximum Gasteiger partial charge on any atom is 0.272 e. The minimum atomic E-state index is -0.773. The molecular weight excluding hydrogens is 290 g/mol. The number of rotatable bonds is 2. The van der Waals surface area contributed by atoms with E-state index in [4.69, 9.17) is 0 Å². The highest BCUT2D eigenvalue weighted by Gasteiger charge is 2.35. The molecule has 1 aliphatic rings. The van der Waals surface area contributed by atoms with Crippen LogP contribution in [0, 0.1) is 0 Å². The van der Waals surface area contributed by atoms with E-state index in [0.29, 0.717) is 12.1 Å². The van der Waals surface area contributed by atoms with E-state index in [2.05, 4.69) is 9.88 Å². The minimum Gasteiger partial charge on any atom is -0.384 e. The largest absolute Gasteiger partial charge is 0.384 e. The van der Waals surface area contributed by atoms with Crippen LogP contribution in [-0.2, 0) is 5.60 Å². The molecule has 5 nitrogen and oxygen atoms in total. The molecule has 118 valence electrons. The lowest BCUT2D eigenvalue weighted by Gasteiger charge is -2.23. The Balaban J connectivity index is 1.71. The number of aromatic nitrogens is 2. The number of aliphatic hydroxyl groups is 1. The standard InChI is InChI=1S/C18H19N3O2/c1-20-10-8-18(23,12-20)14-6-4-13(5-7-14)15-11-21-9-2-3-16(21)17(22)19-15/h2-7,9,11,23H,8,10,12H2,1H3,(H,19,22). The highest BCUT2D eigenvalue weighted by atomic mass is 16.3. The molecule has 1 aliphatic heterocycles. The third-order valence-corrected chi connectivity index (χ3v) is 4.70. The van der Waals surface area contributed by atoms with Crippen molar-refractivity contribution in [2.24, 2.45) is 0 Å². The van der Waals surface area contributed by atoms with Crippen LogP contribution in [0.25, 0.3) is 16.8 Å². The van der Waals surface area contributed by atoms with Crippen LogP contribution in [0.5, 0.6) is 0 Å². The van der Waals surface area contributed by atoms with E-state index in [0.717, 1.165) is 29.8 Å². The van der Waals surface area contributed by atoms with Gasteiger partial charge in [0.25, 0.3) is 5.56 Å². The first-order valence-electron chi connectivity index (χ1n) is 7.77. The third-order valence-electron chi connectivity index (χ3n) is 4.70. The van der Waals surface area contributed by atoms with Crippen LogP contribution < -0.4 is 5.56 Å². The van der Waals surface area contributed by atoms with Gasteiger partial charge in [0.05, 0.1) is 5.69 Å². The first kappa shape index (κ1) is 14.2. The Bertz CT molecular complexity index is 910. The van der Waals surface area contributed by atoms with Crippen LogP contribution in [0.1, 0.15) is 12.0 Å². The summed E-state index contributed by atoms with van der Waals surface area (Å²) >= 11 is 0. The highest BCUT2D eigenvalue weighted by molar-refractivity contribution is 5.61. The van der Waals surface area contributed by atoms with Gasteiger partial charge in [0.2, 0.25) is 0 Å². The van der Waals surface area contributed by atoms with Gasteiger partial charge >= 0.3 is 0 Å². The van der Waals surface area contributed by atoms with Crippen molar-refractivity contribution in [1.82, 2.24) is 14.3 Å². The van der Waals surface area contributed by atoms with Crippen LogP contribution in [0.15, 0.2) is 53.6 Å². The van der Waals surface area contributed by atoms with Crippen molar-refractivity contribution < 1.29 is 5.11 Å². The summed E-state index contributed by atoms with van der Waals surface area (Å²) in [6.07, 6.45) is 4.51. The van der Waals surface area contributed by atoms with E-state index in [1.165, 1.54) is 0 Å². The monoisotopic (exact) mass is 309 g/mol. The van der Waals surface area contributed by atoms with E-state index in [1.54, 1.807) is 6.07 Å². The summed E-state index contributed by atoms with van der Waals surface area (Å²) < 4.78 is 1.82. The fraction of sp³-hybridized carbons (Fsp3) is 0.278. The average molecular weight is 309 g/mol. The van der Waals surface area contributed by atoms with Crippen LogP contribution in [0.2, 0.25) is 0 Å². The summed E-state index contributed by atoms with van der Waals surface area (Å²) in [5, 5.41) is 10.7. The van der Waals surface area contributed by atoms with Gasteiger partial charge in [0.15, 0.2) is 0 Å². The first-order valence-corrected chi connectivity index (χ1v) is 7.77. The Kier molecular flexibility index (Phi) is 3.14. The molecule has 0 aliphatic carbocycles. The molecule has 1 aromatic carbocycles. The van der Waals surface area contributed by atoms with Crippen molar-refractivity contribution in [1.29, 1.82) is 0 Å². The molecule has 1 unspecified atom stereocenters. The molecule has 3 aromatic rings. The molecule has 1 saturated heterocycles. The molecule has 23 heavy (non-hydrogen) atoms. The number of nitrogens with one attached hydrogen (secondary N) is 1. The molecule has 1 fully saturated rings. The molecule has 4 rings (SSSR count). The van der Waals surface area contributed by atoms with Crippen molar-refractivity contribution in [2.75, 3.05) is 20.1 Å². The lowest BCUT2D eigenvalue weighted by molar-refractivity contribution is 0.0489. The molecule has 5 heteroatoms. The van der Waals surface area contributed by atoms with Gasteiger partial charge in [0, 0.05) is 25.5 Å². The van der Waals surface area contributed by atoms with Crippen LogP contribution in [0.3, 0.4) is 0 Å². The van der Waals surface area contributed by atoms with Crippen LogP contribution in [-0.4, -0.2) is 39.5 Å². The number of hydrogen-bond acceptors (Lipinski definition) is 3. The summed E-state index contributed by atoms with van der Waals surface area (Å²) in [4.78, 5) is 17.1. The first-order chi connectivity index (χ1) is 11.0. The zero-order valence-electron chi connectivity index (χ0n) is 13.0. The lowest BCUT2D eigenvalue weighted by Crippen LogP contribution is -2.29. The number of likely N-dealkylation sites (N-methyl/N-ethyl adjacent to an activating group) is 1. The molecule has 0 amide bonds. The minimum absolute atomic E-state index is 0.104. The Morgan fingerprint density at radius 3 is 2.70 bits per heavy atom. The van der Waals surface area contributed by atoms with Gasteiger partial charge in [-0.15, -0.1) is 0 Å². The van der Waals surface area contributed by atoms with Gasteiger partial charge < -0.3 is 19.4 Å². The topological polar surface area (TPSA) is 60.7 Å². The SMILES string of the molecule is CN1CCC(O)(c2ccc(-c3cn4cccc4c(=O)[nH]3)cc2)C1.